The molecule has 0 radical (unpaired) electrons. The van der Waals surface area contributed by atoms with Gasteiger partial charge in [-0.25, -0.2) is 0 Å². The monoisotopic (exact) mass is 377 g/mol. The van der Waals surface area contributed by atoms with Crippen LogP contribution in [0.25, 0.3) is 0 Å². The lowest BCUT2D eigenvalue weighted by Crippen LogP contribution is -2.28. The number of amides is 2. The number of halogens is 1. The Morgan fingerprint density at radius 2 is 1.87 bits per heavy atom. The molecule has 6 nitrogen and oxygen atoms in total. The van der Waals surface area contributed by atoms with Crippen LogP contribution in [0.4, 0.5) is 5.69 Å². The Morgan fingerprint density at radius 1 is 1.17 bits per heavy atom. The van der Waals surface area contributed by atoms with Gasteiger partial charge in [-0.05, 0) is 24.3 Å². The summed E-state index contributed by atoms with van der Waals surface area (Å²) in [4.78, 5) is 37.9. The maximum atomic E-state index is 12.3. The standard InChI is InChI=1S/C16H16BrN3O3/c1-19(2)15(22)11-8-13(16(23)20(3)9-11)18-14(21)10-5-4-6-12(17)7-10/h4-9H,1-3H3,(H,18,21). The van der Waals surface area contributed by atoms with Gasteiger partial charge in [0.15, 0.2) is 0 Å². The highest BCUT2D eigenvalue weighted by Gasteiger charge is 2.15. The number of hydrogen-bond donors (Lipinski definition) is 1. The van der Waals surface area contributed by atoms with Crippen molar-refractivity contribution in [1.29, 1.82) is 0 Å². The van der Waals surface area contributed by atoms with Crippen LogP contribution in [0.1, 0.15) is 20.7 Å². The number of carbonyl (C=O) groups is 2. The molecule has 2 aromatic rings. The molecule has 1 aromatic heterocycles. The molecule has 0 saturated heterocycles. The maximum Gasteiger partial charge on any atom is 0.274 e. The molecule has 0 aliphatic rings. The van der Waals surface area contributed by atoms with Crippen molar-refractivity contribution in [2.45, 2.75) is 0 Å². The molecule has 1 aromatic carbocycles. The quantitative estimate of drug-likeness (QED) is 0.889. The molecule has 0 fully saturated rings. The normalized spacial score (nSPS) is 10.3. The van der Waals surface area contributed by atoms with Gasteiger partial charge in [0.25, 0.3) is 17.4 Å². The highest BCUT2D eigenvalue weighted by atomic mass is 79.9. The van der Waals surface area contributed by atoms with Crippen LogP contribution in [-0.2, 0) is 7.05 Å². The fourth-order valence-corrected chi connectivity index (χ4v) is 2.40. The van der Waals surface area contributed by atoms with Crippen molar-refractivity contribution in [3.63, 3.8) is 0 Å². The first kappa shape index (κ1) is 17.0. The Labute approximate surface area is 141 Å². The average molecular weight is 378 g/mol. The van der Waals surface area contributed by atoms with Crippen LogP contribution < -0.4 is 10.9 Å². The summed E-state index contributed by atoms with van der Waals surface area (Å²) >= 11 is 3.29. The smallest absolute Gasteiger partial charge is 0.274 e. The second-order valence-electron chi connectivity index (χ2n) is 5.22. The number of carbonyl (C=O) groups excluding carboxylic acids is 2. The first-order valence-corrected chi connectivity index (χ1v) is 7.58. The van der Waals surface area contributed by atoms with Crippen molar-refractivity contribution in [3.05, 3.63) is 62.5 Å². The predicted molar refractivity (Wildman–Crippen MR) is 91.8 cm³/mol. The molecule has 0 spiro atoms. The summed E-state index contributed by atoms with van der Waals surface area (Å²) in [6.45, 7) is 0. The minimum Gasteiger partial charge on any atom is -0.345 e. The lowest BCUT2D eigenvalue weighted by molar-refractivity contribution is 0.0826. The molecule has 120 valence electrons. The minimum absolute atomic E-state index is 0.0603. The zero-order valence-corrected chi connectivity index (χ0v) is 14.5. The number of benzene rings is 1. The second kappa shape index (κ2) is 6.78. The number of hydrogen-bond acceptors (Lipinski definition) is 3. The van der Waals surface area contributed by atoms with Crippen LogP contribution >= 0.6 is 15.9 Å². The van der Waals surface area contributed by atoms with Gasteiger partial charge in [0, 0.05) is 37.4 Å². The number of aromatic nitrogens is 1. The Hall–Kier alpha value is -2.41. The molecule has 0 bridgehead atoms. The molecule has 23 heavy (non-hydrogen) atoms. The molecular weight excluding hydrogens is 362 g/mol. The summed E-state index contributed by atoms with van der Waals surface area (Å²) < 4.78 is 2.03. The van der Waals surface area contributed by atoms with Crippen LogP contribution in [0.2, 0.25) is 0 Å². The van der Waals surface area contributed by atoms with Gasteiger partial charge in [-0.15, -0.1) is 0 Å². The molecule has 2 amide bonds. The van der Waals surface area contributed by atoms with E-state index in [-0.39, 0.29) is 17.2 Å². The van der Waals surface area contributed by atoms with Crippen molar-refractivity contribution in [1.82, 2.24) is 9.47 Å². The highest BCUT2D eigenvalue weighted by Crippen LogP contribution is 2.14. The minimum atomic E-state index is -0.419. The van der Waals surface area contributed by atoms with Crippen LogP contribution in [0.5, 0.6) is 0 Å². The van der Waals surface area contributed by atoms with E-state index in [1.54, 1.807) is 38.4 Å². The number of anilines is 1. The van der Waals surface area contributed by atoms with E-state index in [1.165, 1.54) is 28.8 Å². The summed E-state index contributed by atoms with van der Waals surface area (Å²) in [5.74, 6) is -0.670. The van der Waals surface area contributed by atoms with Gasteiger partial charge in [0.2, 0.25) is 0 Å². The third-order valence-corrected chi connectivity index (χ3v) is 3.66. The summed E-state index contributed by atoms with van der Waals surface area (Å²) in [5.41, 5.74) is 0.404. The fourth-order valence-electron chi connectivity index (χ4n) is 2.00. The average Bonchev–Trinajstić information content (AvgIpc) is 2.50. The molecule has 1 N–H and O–H groups in total. The Kier molecular flexibility index (Phi) is 5.00. The van der Waals surface area contributed by atoms with Gasteiger partial charge in [-0.3, -0.25) is 14.4 Å². The van der Waals surface area contributed by atoms with Crippen molar-refractivity contribution < 1.29 is 9.59 Å². The van der Waals surface area contributed by atoms with E-state index in [0.29, 0.717) is 11.1 Å². The SMILES string of the molecule is CN(C)C(=O)c1cc(NC(=O)c2cccc(Br)c2)c(=O)n(C)c1. The van der Waals surface area contributed by atoms with Crippen LogP contribution in [0.3, 0.4) is 0 Å². The van der Waals surface area contributed by atoms with Crippen molar-refractivity contribution in [2.75, 3.05) is 19.4 Å². The summed E-state index contributed by atoms with van der Waals surface area (Å²) in [5, 5.41) is 2.56. The number of nitrogens with zero attached hydrogens (tertiary/aromatic N) is 2. The summed E-state index contributed by atoms with van der Waals surface area (Å²) in [6, 6.07) is 8.20. The molecule has 0 aliphatic carbocycles. The topological polar surface area (TPSA) is 71.4 Å². The van der Waals surface area contributed by atoms with Crippen molar-refractivity contribution in [3.8, 4) is 0 Å². The first-order chi connectivity index (χ1) is 10.8. The van der Waals surface area contributed by atoms with Crippen molar-refractivity contribution >= 4 is 33.4 Å². The first-order valence-electron chi connectivity index (χ1n) is 6.79. The maximum absolute atomic E-state index is 12.3. The van der Waals surface area contributed by atoms with Gasteiger partial charge in [0.05, 0.1) is 5.56 Å². The van der Waals surface area contributed by atoms with E-state index < -0.39 is 5.91 Å². The van der Waals surface area contributed by atoms with Gasteiger partial charge >= 0.3 is 0 Å². The van der Waals surface area contributed by atoms with E-state index in [1.807, 2.05) is 0 Å². The zero-order chi connectivity index (χ0) is 17.1. The third kappa shape index (κ3) is 3.87. The molecule has 0 atom stereocenters. The van der Waals surface area contributed by atoms with Gasteiger partial charge in [0.1, 0.15) is 5.69 Å². The Balaban J connectivity index is 2.37. The van der Waals surface area contributed by atoms with Crippen molar-refractivity contribution in [2.24, 2.45) is 7.05 Å². The second-order valence-corrected chi connectivity index (χ2v) is 6.14. The Morgan fingerprint density at radius 3 is 2.48 bits per heavy atom. The largest absolute Gasteiger partial charge is 0.345 e. The van der Waals surface area contributed by atoms with E-state index >= 15 is 0 Å². The predicted octanol–water partition coefficient (Wildman–Crippen LogP) is 2.10. The molecule has 0 aliphatic heterocycles. The van der Waals surface area contributed by atoms with E-state index in [9.17, 15) is 14.4 Å². The lowest BCUT2D eigenvalue weighted by atomic mass is 10.2. The molecule has 2 rings (SSSR count). The summed E-state index contributed by atoms with van der Waals surface area (Å²) in [6.07, 6.45) is 1.44. The molecule has 7 heteroatoms. The number of aryl methyl sites for hydroxylation is 1. The van der Waals surface area contributed by atoms with Crippen LogP contribution in [0, 0.1) is 0 Å². The van der Waals surface area contributed by atoms with E-state index in [4.69, 9.17) is 0 Å². The summed E-state index contributed by atoms with van der Waals surface area (Å²) in [7, 11) is 4.77. The van der Waals surface area contributed by atoms with Gasteiger partial charge in [-0.2, -0.15) is 0 Å². The van der Waals surface area contributed by atoms with Crippen LogP contribution in [0.15, 0.2) is 45.8 Å². The highest BCUT2D eigenvalue weighted by molar-refractivity contribution is 9.10. The number of rotatable bonds is 3. The fraction of sp³-hybridized carbons (Fsp3) is 0.188. The number of nitrogens with one attached hydrogen (secondary N) is 1. The van der Waals surface area contributed by atoms with Gasteiger partial charge in [-0.1, -0.05) is 22.0 Å². The van der Waals surface area contributed by atoms with E-state index in [2.05, 4.69) is 21.2 Å². The van der Waals surface area contributed by atoms with Crippen LogP contribution in [-0.4, -0.2) is 35.4 Å². The lowest BCUT2D eigenvalue weighted by Gasteiger charge is -2.13. The number of pyridine rings is 1. The molecule has 0 unspecified atom stereocenters. The third-order valence-electron chi connectivity index (χ3n) is 3.17. The molecular formula is C16H16BrN3O3. The van der Waals surface area contributed by atoms with E-state index in [0.717, 1.165) is 4.47 Å². The molecule has 1 heterocycles. The Bertz CT molecular complexity index is 828. The molecule has 0 saturated carbocycles. The zero-order valence-electron chi connectivity index (χ0n) is 13.0. The van der Waals surface area contributed by atoms with Gasteiger partial charge < -0.3 is 14.8 Å².